The number of nitrogens with one attached hydrogen (secondary N) is 1. The first-order chi connectivity index (χ1) is 18.5. The average molecular weight is 541 g/mol. The summed E-state index contributed by atoms with van der Waals surface area (Å²) in [7, 11) is 0. The number of amides is 1. The molecule has 2 saturated heterocycles. The molecule has 2 N–H and O–H groups in total. The van der Waals surface area contributed by atoms with Gasteiger partial charge in [0.05, 0.1) is 11.0 Å². The van der Waals surface area contributed by atoms with Crippen LogP contribution < -0.4 is 10.9 Å². The fourth-order valence-electron chi connectivity index (χ4n) is 7.11. The van der Waals surface area contributed by atoms with Gasteiger partial charge in [0, 0.05) is 24.2 Å². The van der Waals surface area contributed by atoms with E-state index in [4.69, 9.17) is 0 Å². The number of benzene rings is 1. The molecule has 1 saturated carbocycles. The normalized spacial score (nSPS) is 25.6. The molecule has 38 heavy (non-hydrogen) atoms. The lowest BCUT2D eigenvalue weighted by atomic mass is 9.89. The zero-order chi connectivity index (χ0) is 26.6. The van der Waals surface area contributed by atoms with Gasteiger partial charge in [-0.05, 0) is 69.1 Å². The molecular weight excluding hydrogens is 500 g/mol. The smallest absolute Gasteiger partial charge is 0.326 e. The number of para-hydroxylation sites is 2. The number of rotatable bonds is 8. The predicted molar refractivity (Wildman–Crippen MR) is 151 cm³/mol. The lowest BCUT2D eigenvalue weighted by molar-refractivity contribution is -0.139. The summed E-state index contributed by atoms with van der Waals surface area (Å²) in [5, 5.41) is 12.2. The molecule has 5 rings (SSSR count). The minimum atomic E-state index is -1.10. The standard InChI is InChI=1S/C29H40N4O4S/c1-38-16-15-24(29(36)37)31-27(34)26-28(35)33(25-12-8-7-11-23(25)30-26)22-17-20-13-14-21(18-22)32(20)19-9-5-3-2-4-6-10-19/h7-8,11-12,19-22,24H,2-6,9-10,13-18H2,1H3,(H,31,34)(H,36,37). The number of aliphatic carboxylic acids is 1. The monoisotopic (exact) mass is 540 g/mol. The van der Waals surface area contributed by atoms with Gasteiger partial charge in [-0.2, -0.15) is 11.8 Å². The number of fused-ring (bicyclic) bond motifs is 3. The highest BCUT2D eigenvalue weighted by Crippen LogP contribution is 2.44. The number of nitrogens with zero attached hydrogens (tertiary/aromatic N) is 3. The number of aromatic nitrogens is 2. The third-order valence-electron chi connectivity index (χ3n) is 8.85. The Kier molecular flexibility index (Phi) is 8.73. The van der Waals surface area contributed by atoms with E-state index in [1.807, 2.05) is 30.5 Å². The highest BCUT2D eigenvalue weighted by molar-refractivity contribution is 7.98. The molecule has 1 amide bonds. The Labute approximate surface area is 228 Å². The van der Waals surface area contributed by atoms with Crippen LogP contribution in [0.3, 0.4) is 0 Å². The molecule has 206 valence electrons. The molecule has 0 radical (unpaired) electrons. The number of hydrogen-bond acceptors (Lipinski definition) is 6. The lowest BCUT2D eigenvalue weighted by Crippen LogP contribution is -2.50. The molecule has 3 atom stereocenters. The van der Waals surface area contributed by atoms with Gasteiger partial charge >= 0.3 is 5.97 Å². The second-order valence-corrected chi connectivity index (χ2v) is 12.2. The molecule has 3 unspecified atom stereocenters. The number of carbonyl (C=O) groups excluding carboxylic acids is 1. The Hall–Kier alpha value is -2.39. The Balaban J connectivity index is 1.44. The fourth-order valence-corrected chi connectivity index (χ4v) is 7.58. The molecule has 0 spiro atoms. The van der Waals surface area contributed by atoms with Crippen LogP contribution >= 0.6 is 11.8 Å². The maximum atomic E-state index is 13.9. The van der Waals surface area contributed by atoms with Crippen molar-refractivity contribution in [3.8, 4) is 0 Å². The average Bonchev–Trinajstić information content (AvgIpc) is 3.14. The van der Waals surface area contributed by atoms with Crippen molar-refractivity contribution in [2.24, 2.45) is 0 Å². The Morgan fingerprint density at radius 1 is 1.00 bits per heavy atom. The Morgan fingerprint density at radius 3 is 2.32 bits per heavy atom. The molecule has 2 bridgehead atoms. The second kappa shape index (κ2) is 12.2. The number of piperidine rings is 1. The maximum Gasteiger partial charge on any atom is 0.326 e. The molecule has 3 heterocycles. The van der Waals surface area contributed by atoms with Crippen LogP contribution in [-0.4, -0.2) is 67.6 Å². The minimum Gasteiger partial charge on any atom is -0.480 e. The van der Waals surface area contributed by atoms with E-state index in [2.05, 4.69) is 15.2 Å². The Morgan fingerprint density at radius 2 is 1.66 bits per heavy atom. The summed E-state index contributed by atoms with van der Waals surface area (Å²) in [6, 6.07) is 8.00. The van der Waals surface area contributed by atoms with E-state index in [1.54, 1.807) is 4.57 Å². The molecule has 8 nitrogen and oxygen atoms in total. The van der Waals surface area contributed by atoms with Crippen LogP contribution in [0.15, 0.2) is 29.1 Å². The van der Waals surface area contributed by atoms with Crippen LogP contribution in [0.1, 0.15) is 93.6 Å². The number of thioether (sulfide) groups is 1. The van der Waals surface area contributed by atoms with E-state index < -0.39 is 23.5 Å². The van der Waals surface area contributed by atoms with E-state index in [0.29, 0.717) is 29.4 Å². The largest absolute Gasteiger partial charge is 0.480 e. The fraction of sp³-hybridized carbons (Fsp3) is 0.655. The first-order valence-corrected chi connectivity index (χ1v) is 15.7. The first kappa shape index (κ1) is 27.2. The Bertz CT molecular complexity index is 1190. The molecule has 1 aromatic carbocycles. The zero-order valence-electron chi connectivity index (χ0n) is 22.3. The number of carbonyl (C=O) groups is 2. The second-order valence-electron chi connectivity index (χ2n) is 11.2. The first-order valence-electron chi connectivity index (χ1n) is 14.3. The van der Waals surface area contributed by atoms with E-state index in [-0.39, 0.29) is 18.2 Å². The molecule has 9 heteroatoms. The van der Waals surface area contributed by atoms with Crippen LogP contribution in [0.5, 0.6) is 0 Å². The molecule has 2 aromatic rings. The van der Waals surface area contributed by atoms with Crippen molar-refractivity contribution < 1.29 is 14.7 Å². The number of carboxylic acid groups (broad SMARTS) is 1. The summed E-state index contributed by atoms with van der Waals surface area (Å²) >= 11 is 1.52. The summed E-state index contributed by atoms with van der Waals surface area (Å²) in [5.74, 6) is -1.22. The molecule has 3 fully saturated rings. The van der Waals surface area contributed by atoms with Gasteiger partial charge in [0.1, 0.15) is 6.04 Å². The summed E-state index contributed by atoms with van der Waals surface area (Å²) in [4.78, 5) is 46.0. The minimum absolute atomic E-state index is 0.00369. The SMILES string of the molecule is CSCCC(NC(=O)c1nc2ccccc2n(C2CC3CCC(C2)N3C2CCCCCCC2)c1=O)C(=O)O. The van der Waals surface area contributed by atoms with Gasteiger partial charge in [-0.15, -0.1) is 0 Å². The summed E-state index contributed by atoms with van der Waals surface area (Å²) < 4.78 is 1.80. The van der Waals surface area contributed by atoms with E-state index in [9.17, 15) is 19.5 Å². The highest BCUT2D eigenvalue weighted by atomic mass is 32.2. The van der Waals surface area contributed by atoms with Crippen molar-refractivity contribution in [3.05, 3.63) is 40.3 Å². The van der Waals surface area contributed by atoms with Gasteiger partial charge in [-0.3, -0.25) is 14.5 Å². The lowest BCUT2D eigenvalue weighted by Gasteiger charge is -2.45. The van der Waals surface area contributed by atoms with Crippen molar-refractivity contribution in [2.45, 2.75) is 107 Å². The third-order valence-corrected chi connectivity index (χ3v) is 9.49. The van der Waals surface area contributed by atoms with Crippen LogP contribution in [0, 0.1) is 0 Å². The molecule has 1 aromatic heterocycles. The summed E-state index contributed by atoms with van der Waals surface area (Å²) in [6.07, 6.45) is 15.5. The van der Waals surface area contributed by atoms with Gasteiger partial charge in [-0.1, -0.05) is 44.2 Å². The summed E-state index contributed by atoms with van der Waals surface area (Å²) in [5.41, 5.74) is 0.700. The van der Waals surface area contributed by atoms with E-state index in [0.717, 1.165) is 18.4 Å². The van der Waals surface area contributed by atoms with Crippen molar-refractivity contribution in [1.29, 1.82) is 0 Å². The quantitative estimate of drug-likeness (QED) is 0.504. The number of carboxylic acids is 1. The van der Waals surface area contributed by atoms with Gasteiger partial charge in [-0.25, -0.2) is 9.78 Å². The zero-order valence-corrected chi connectivity index (χ0v) is 23.1. The van der Waals surface area contributed by atoms with Gasteiger partial charge in [0.2, 0.25) is 0 Å². The summed E-state index contributed by atoms with van der Waals surface area (Å²) in [6.45, 7) is 0. The molecule has 3 aliphatic rings. The van der Waals surface area contributed by atoms with Gasteiger partial charge < -0.3 is 15.0 Å². The highest BCUT2D eigenvalue weighted by Gasteiger charge is 2.44. The van der Waals surface area contributed by atoms with Crippen LogP contribution in [-0.2, 0) is 4.79 Å². The topological polar surface area (TPSA) is 105 Å². The van der Waals surface area contributed by atoms with E-state index in [1.165, 1.54) is 69.5 Å². The molecular formula is C29H40N4O4S. The maximum absolute atomic E-state index is 13.9. The van der Waals surface area contributed by atoms with Crippen molar-refractivity contribution >= 4 is 34.7 Å². The van der Waals surface area contributed by atoms with Crippen molar-refractivity contribution in [1.82, 2.24) is 19.8 Å². The van der Waals surface area contributed by atoms with Crippen LogP contribution in [0.25, 0.3) is 11.0 Å². The van der Waals surface area contributed by atoms with E-state index >= 15 is 0 Å². The van der Waals surface area contributed by atoms with Crippen LogP contribution in [0.2, 0.25) is 0 Å². The molecule has 2 aliphatic heterocycles. The van der Waals surface area contributed by atoms with Crippen molar-refractivity contribution in [2.75, 3.05) is 12.0 Å². The van der Waals surface area contributed by atoms with Crippen LogP contribution in [0.4, 0.5) is 0 Å². The van der Waals surface area contributed by atoms with Gasteiger partial charge in [0.25, 0.3) is 11.5 Å². The molecule has 1 aliphatic carbocycles. The predicted octanol–water partition coefficient (Wildman–Crippen LogP) is 4.61. The van der Waals surface area contributed by atoms with Crippen molar-refractivity contribution in [3.63, 3.8) is 0 Å². The van der Waals surface area contributed by atoms with Gasteiger partial charge in [0.15, 0.2) is 5.69 Å². The number of hydrogen-bond donors (Lipinski definition) is 2. The third kappa shape index (κ3) is 5.64.